The summed E-state index contributed by atoms with van der Waals surface area (Å²) in [5.41, 5.74) is 3.33. The van der Waals surface area contributed by atoms with E-state index in [9.17, 15) is 4.79 Å². The smallest absolute Gasteiger partial charge is 0.294 e. The molecule has 5 rings (SSSR count). The molecule has 1 saturated carbocycles. The number of amides is 1. The Morgan fingerprint density at radius 2 is 1.85 bits per heavy atom. The Bertz CT molecular complexity index is 1010. The Hall–Kier alpha value is -2.83. The van der Waals surface area contributed by atoms with Gasteiger partial charge in [-0.15, -0.1) is 0 Å². The summed E-state index contributed by atoms with van der Waals surface area (Å²) in [7, 11) is 0. The maximum atomic E-state index is 13.0. The maximum Gasteiger partial charge on any atom is 0.294 e. The largest absolute Gasteiger partial charge is 0.492 e. The molecule has 2 heterocycles. The van der Waals surface area contributed by atoms with Crippen LogP contribution in [0.3, 0.4) is 0 Å². The van der Waals surface area contributed by atoms with Gasteiger partial charge in [0.15, 0.2) is 5.76 Å². The van der Waals surface area contributed by atoms with Crippen LogP contribution in [0.25, 0.3) is 0 Å². The van der Waals surface area contributed by atoms with Crippen LogP contribution in [0.15, 0.2) is 54.3 Å². The van der Waals surface area contributed by atoms with E-state index in [1.165, 1.54) is 18.4 Å². The summed E-state index contributed by atoms with van der Waals surface area (Å²) in [5, 5.41) is 0. The molecule has 0 spiro atoms. The van der Waals surface area contributed by atoms with Crippen LogP contribution >= 0.6 is 0 Å². The highest BCUT2D eigenvalue weighted by Gasteiger charge is 2.28. The van der Waals surface area contributed by atoms with Crippen molar-refractivity contribution in [2.24, 2.45) is 0 Å². The highest BCUT2D eigenvalue weighted by atomic mass is 16.5. The third-order valence-corrected chi connectivity index (χ3v) is 6.58. The zero-order valence-corrected chi connectivity index (χ0v) is 19.3. The molecule has 6 nitrogen and oxygen atoms in total. The van der Waals surface area contributed by atoms with Crippen LogP contribution in [0.1, 0.15) is 36.8 Å². The first-order valence-electron chi connectivity index (χ1n) is 12.1. The number of rotatable bonds is 9. The fraction of sp³-hybridized carbons (Fsp3) is 0.444. The molecule has 0 N–H and O–H groups in total. The van der Waals surface area contributed by atoms with E-state index in [2.05, 4.69) is 30.0 Å². The lowest BCUT2D eigenvalue weighted by Gasteiger charge is -2.26. The van der Waals surface area contributed by atoms with Crippen molar-refractivity contribution in [3.05, 3.63) is 65.4 Å². The van der Waals surface area contributed by atoms with E-state index >= 15 is 0 Å². The molecular formula is C27H32N2O4. The first-order chi connectivity index (χ1) is 16.2. The zero-order chi connectivity index (χ0) is 22.6. The lowest BCUT2D eigenvalue weighted by Crippen LogP contribution is -2.38. The molecule has 1 amide bonds. The number of ether oxygens (including phenoxy) is 3. The van der Waals surface area contributed by atoms with Gasteiger partial charge in [-0.2, -0.15) is 0 Å². The number of nitrogens with zero attached hydrogens (tertiary/aromatic N) is 2. The molecule has 0 aromatic heterocycles. The molecule has 0 unspecified atom stereocenters. The van der Waals surface area contributed by atoms with E-state index in [4.69, 9.17) is 14.2 Å². The predicted molar refractivity (Wildman–Crippen MR) is 128 cm³/mol. The third-order valence-electron chi connectivity index (χ3n) is 6.58. The monoisotopic (exact) mass is 448 g/mol. The maximum absolute atomic E-state index is 13.0. The lowest BCUT2D eigenvalue weighted by atomic mass is 10.1. The van der Waals surface area contributed by atoms with E-state index in [1.54, 1.807) is 4.90 Å². The zero-order valence-electron chi connectivity index (χ0n) is 19.3. The fourth-order valence-electron chi connectivity index (χ4n) is 4.40. The van der Waals surface area contributed by atoms with Gasteiger partial charge < -0.3 is 19.1 Å². The number of hydrogen-bond acceptors (Lipinski definition) is 5. The molecule has 2 aliphatic heterocycles. The molecule has 33 heavy (non-hydrogen) atoms. The number of carbonyl (C=O) groups is 1. The van der Waals surface area contributed by atoms with Gasteiger partial charge in [0.1, 0.15) is 18.1 Å². The number of aryl methyl sites for hydroxylation is 1. The molecular weight excluding hydrogens is 416 g/mol. The summed E-state index contributed by atoms with van der Waals surface area (Å²) in [4.78, 5) is 17.1. The van der Waals surface area contributed by atoms with Crippen LogP contribution in [0.2, 0.25) is 0 Å². The van der Waals surface area contributed by atoms with E-state index in [0.717, 1.165) is 56.3 Å². The number of carbonyl (C=O) groups excluding carboxylic acids is 1. The number of morpholine rings is 1. The minimum Gasteiger partial charge on any atom is -0.492 e. The Morgan fingerprint density at radius 3 is 2.58 bits per heavy atom. The van der Waals surface area contributed by atoms with Gasteiger partial charge in [-0.25, -0.2) is 0 Å². The fourth-order valence-corrected chi connectivity index (χ4v) is 4.40. The van der Waals surface area contributed by atoms with Crippen molar-refractivity contribution in [1.29, 1.82) is 0 Å². The van der Waals surface area contributed by atoms with E-state index < -0.39 is 0 Å². The van der Waals surface area contributed by atoms with Crippen LogP contribution in [0.4, 0.5) is 5.69 Å². The van der Waals surface area contributed by atoms with Gasteiger partial charge >= 0.3 is 0 Å². The number of benzene rings is 2. The predicted octanol–water partition coefficient (Wildman–Crippen LogP) is 4.15. The van der Waals surface area contributed by atoms with Gasteiger partial charge in [-0.3, -0.25) is 9.69 Å². The Labute approximate surface area is 195 Å². The summed E-state index contributed by atoms with van der Waals surface area (Å²) in [6.45, 7) is 7.67. The van der Waals surface area contributed by atoms with Crippen LogP contribution < -0.4 is 14.4 Å². The van der Waals surface area contributed by atoms with Crippen LogP contribution in [0, 0.1) is 0 Å². The van der Waals surface area contributed by atoms with Gasteiger partial charge in [-0.1, -0.05) is 19.1 Å². The lowest BCUT2D eigenvalue weighted by molar-refractivity contribution is -0.116. The molecule has 1 aliphatic carbocycles. The first kappa shape index (κ1) is 22.0. The molecule has 6 heteroatoms. The second kappa shape index (κ2) is 9.98. The van der Waals surface area contributed by atoms with Crippen molar-refractivity contribution in [2.45, 2.75) is 32.1 Å². The molecule has 3 aliphatic rings. The molecule has 1 saturated heterocycles. The molecule has 174 valence electrons. The van der Waals surface area contributed by atoms with Crippen molar-refractivity contribution in [3.8, 4) is 11.5 Å². The first-order valence-corrected chi connectivity index (χ1v) is 12.1. The third kappa shape index (κ3) is 5.23. The number of hydrogen-bond donors (Lipinski definition) is 0. The van der Waals surface area contributed by atoms with Crippen LogP contribution in [0.5, 0.6) is 11.5 Å². The Morgan fingerprint density at radius 1 is 1.06 bits per heavy atom. The van der Waals surface area contributed by atoms with Gasteiger partial charge in [0.05, 0.1) is 13.2 Å². The molecule has 2 fully saturated rings. The summed E-state index contributed by atoms with van der Waals surface area (Å²) in [6, 6.07) is 14.1. The van der Waals surface area contributed by atoms with Gasteiger partial charge in [0.25, 0.3) is 5.91 Å². The van der Waals surface area contributed by atoms with Gasteiger partial charge in [0, 0.05) is 31.9 Å². The second-order valence-corrected chi connectivity index (χ2v) is 8.88. The highest BCUT2D eigenvalue weighted by Crippen LogP contribution is 2.40. The van der Waals surface area contributed by atoms with Gasteiger partial charge in [-0.05, 0) is 72.7 Å². The van der Waals surface area contributed by atoms with Crippen molar-refractivity contribution in [3.63, 3.8) is 0 Å². The average Bonchev–Trinajstić information content (AvgIpc) is 3.64. The average molecular weight is 449 g/mol. The summed E-state index contributed by atoms with van der Waals surface area (Å²) < 4.78 is 17.4. The molecule has 2 aromatic carbocycles. The summed E-state index contributed by atoms with van der Waals surface area (Å²) >= 11 is 0. The van der Waals surface area contributed by atoms with E-state index in [-0.39, 0.29) is 5.91 Å². The quantitative estimate of drug-likeness (QED) is 0.577. The van der Waals surface area contributed by atoms with E-state index in [1.807, 2.05) is 30.3 Å². The Kier molecular flexibility index (Phi) is 6.65. The summed E-state index contributed by atoms with van der Waals surface area (Å²) in [5.74, 6) is 2.59. The Balaban J connectivity index is 1.18. The topological polar surface area (TPSA) is 51.2 Å². The van der Waals surface area contributed by atoms with Crippen molar-refractivity contribution in [2.75, 3.05) is 50.9 Å². The standard InChI is InChI=1S/C27H32N2O4/c1-2-20-19-23(7-10-25(20)32-18-15-28-13-16-31-17-14-28)29-12-11-26(27(29)30)33-24-8-5-22(6-9-24)21-3-4-21/h5-11,19,21H,2-4,12-18H2,1H3. The van der Waals surface area contributed by atoms with Gasteiger partial charge in [0.2, 0.25) is 0 Å². The minimum atomic E-state index is -0.107. The SMILES string of the molecule is CCc1cc(N2CC=C(Oc3ccc(C4CC4)cc3)C2=O)ccc1OCCN1CCOCC1. The number of anilines is 1. The van der Waals surface area contributed by atoms with Crippen molar-refractivity contribution >= 4 is 11.6 Å². The minimum absolute atomic E-state index is 0.107. The highest BCUT2D eigenvalue weighted by molar-refractivity contribution is 6.07. The molecule has 0 atom stereocenters. The molecule has 0 radical (unpaired) electrons. The van der Waals surface area contributed by atoms with E-state index in [0.29, 0.717) is 30.6 Å². The summed E-state index contributed by atoms with van der Waals surface area (Å²) in [6.07, 6.45) is 5.24. The van der Waals surface area contributed by atoms with Crippen LogP contribution in [-0.2, 0) is 16.0 Å². The van der Waals surface area contributed by atoms with Crippen molar-refractivity contribution < 1.29 is 19.0 Å². The van der Waals surface area contributed by atoms with Crippen molar-refractivity contribution in [1.82, 2.24) is 4.90 Å². The normalized spacial score (nSPS) is 19.0. The second-order valence-electron chi connectivity index (χ2n) is 8.88. The molecule has 2 aromatic rings. The molecule has 0 bridgehead atoms. The van der Waals surface area contributed by atoms with Crippen LogP contribution in [-0.4, -0.2) is 56.8 Å².